The topological polar surface area (TPSA) is 98.7 Å². The minimum Gasteiger partial charge on any atom is -0.461 e. The van der Waals surface area contributed by atoms with E-state index in [9.17, 15) is 4.79 Å². The molecule has 1 amide bonds. The molecule has 1 N–H and O–H groups in total. The molecule has 8 nitrogen and oxygen atoms in total. The van der Waals surface area contributed by atoms with Crippen molar-refractivity contribution in [1.29, 1.82) is 0 Å². The number of aryl methyl sites for hydroxylation is 1. The van der Waals surface area contributed by atoms with Crippen molar-refractivity contribution < 1.29 is 9.21 Å². The standard InChI is InChI=1S/C16H18N6O2S2/c1-4-8-22-13(11-7-6-9-24-11)19-21-16(22)26-12(5-2)14(23)17-15-20-18-10(3)25-15/h4,6-7,9,12H,1,5,8H2,2-3H3,(H,17,20,23)/t12-/m0/s1. The van der Waals surface area contributed by atoms with E-state index in [0.717, 1.165) is 5.01 Å². The minimum absolute atomic E-state index is 0.138. The fraction of sp³-hybridized carbons (Fsp3) is 0.312. The van der Waals surface area contributed by atoms with Gasteiger partial charge in [0.05, 0.1) is 11.5 Å². The Morgan fingerprint density at radius 2 is 2.31 bits per heavy atom. The van der Waals surface area contributed by atoms with Gasteiger partial charge in [-0.05, 0) is 25.5 Å². The summed E-state index contributed by atoms with van der Waals surface area (Å²) in [6, 6.07) is 3.61. The van der Waals surface area contributed by atoms with Crippen molar-refractivity contribution in [2.24, 2.45) is 0 Å². The summed E-state index contributed by atoms with van der Waals surface area (Å²) in [7, 11) is 0. The van der Waals surface area contributed by atoms with Crippen LogP contribution in [0.4, 0.5) is 5.13 Å². The van der Waals surface area contributed by atoms with Gasteiger partial charge >= 0.3 is 0 Å². The molecule has 3 aromatic heterocycles. The fourth-order valence-electron chi connectivity index (χ4n) is 2.24. The molecule has 10 heteroatoms. The second-order valence-corrected chi connectivity index (χ2v) is 7.66. The number of carbonyl (C=O) groups is 1. The first-order valence-electron chi connectivity index (χ1n) is 7.98. The molecule has 26 heavy (non-hydrogen) atoms. The Labute approximate surface area is 158 Å². The lowest BCUT2D eigenvalue weighted by Crippen LogP contribution is -2.25. The van der Waals surface area contributed by atoms with Gasteiger partial charge in [-0.25, -0.2) is 0 Å². The van der Waals surface area contributed by atoms with Crippen LogP contribution in [0.5, 0.6) is 0 Å². The molecule has 0 aliphatic carbocycles. The van der Waals surface area contributed by atoms with Crippen LogP contribution in [0, 0.1) is 6.92 Å². The average molecular weight is 390 g/mol. The Morgan fingerprint density at radius 1 is 1.46 bits per heavy atom. The number of hydrogen-bond donors (Lipinski definition) is 1. The van der Waals surface area contributed by atoms with Crippen LogP contribution < -0.4 is 5.32 Å². The monoisotopic (exact) mass is 390 g/mol. The van der Waals surface area contributed by atoms with E-state index in [1.807, 2.05) is 24.5 Å². The summed E-state index contributed by atoms with van der Waals surface area (Å²) in [5.74, 6) is 1.08. The summed E-state index contributed by atoms with van der Waals surface area (Å²) in [6.07, 6.45) is 3.97. The van der Waals surface area contributed by atoms with Crippen LogP contribution in [0.3, 0.4) is 0 Å². The zero-order valence-electron chi connectivity index (χ0n) is 14.4. The molecule has 0 aliphatic heterocycles. The lowest BCUT2D eigenvalue weighted by atomic mass is 10.3. The van der Waals surface area contributed by atoms with Gasteiger partial charge in [-0.1, -0.05) is 36.1 Å². The number of carbonyl (C=O) groups excluding carboxylic acids is 1. The molecular formula is C16H18N6O2S2. The first-order valence-corrected chi connectivity index (χ1v) is 9.67. The lowest BCUT2D eigenvalue weighted by Gasteiger charge is -2.13. The average Bonchev–Trinajstić information content (AvgIpc) is 3.35. The van der Waals surface area contributed by atoms with E-state index in [1.165, 1.54) is 23.1 Å². The molecule has 3 aromatic rings. The number of nitrogens with one attached hydrogen (secondary N) is 1. The molecule has 0 saturated heterocycles. The molecule has 136 valence electrons. The molecule has 0 saturated carbocycles. The Bertz CT molecular complexity index is 887. The number of anilines is 1. The van der Waals surface area contributed by atoms with Crippen LogP contribution >= 0.6 is 23.1 Å². The van der Waals surface area contributed by atoms with Crippen LogP contribution in [0.25, 0.3) is 11.6 Å². The predicted octanol–water partition coefficient (Wildman–Crippen LogP) is 3.39. The zero-order valence-corrected chi connectivity index (χ0v) is 16.0. The molecule has 0 unspecified atom stereocenters. The Hall–Kier alpha value is -2.46. The van der Waals surface area contributed by atoms with Crippen LogP contribution in [0.2, 0.25) is 0 Å². The molecule has 0 spiro atoms. The molecule has 0 bridgehead atoms. The number of furan rings is 1. The highest BCUT2D eigenvalue weighted by Gasteiger charge is 2.24. The quantitative estimate of drug-likeness (QED) is 0.465. The van der Waals surface area contributed by atoms with Gasteiger partial charge in [0.2, 0.25) is 16.9 Å². The van der Waals surface area contributed by atoms with Crippen LogP contribution in [0.15, 0.2) is 40.6 Å². The van der Waals surface area contributed by atoms with E-state index in [4.69, 9.17) is 4.42 Å². The molecule has 0 radical (unpaired) electrons. The van der Waals surface area contributed by atoms with E-state index >= 15 is 0 Å². The Morgan fingerprint density at radius 3 is 2.92 bits per heavy atom. The summed E-state index contributed by atoms with van der Waals surface area (Å²) in [5, 5.41) is 20.7. The first-order chi connectivity index (χ1) is 12.6. The number of amides is 1. The van der Waals surface area contributed by atoms with Crippen molar-refractivity contribution in [2.45, 2.75) is 37.2 Å². The van der Waals surface area contributed by atoms with E-state index < -0.39 is 0 Å². The van der Waals surface area contributed by atoms with E-state index in [0.29, 0.717) is 34.8 Å². The number of aromatic nitrogens is 5. The molecular weight excluding hydrogens is 372 g/mol. The minimum atomic E-state index is -0.337. The Kier molecular flexibility index (Phi) is 5.84. The summed E-state index contributed by atoms with van der Waals surface area (Å²) >= 11 is 2.69. The third kappa shape index (κ3) is 4.02. The van der Waals surface area contributed by atoms with Gasteiger partial charge in [-0.15, -0.1) is 27.0 Å². The molecule has 0 aromatic carbocycles. The number of nitrogens with zero attached hydrogens (tertiary/aromatic N) is 5. The van der Waals surface area contributed by atoms with Gasteiger partial charge in [0.1, 0.15) is 5.01 Å². The second-order valence-electron chi connectivity index (χ2n) is 5.31. The van der Waals surface area contributed by atoms with Gasteiger partial charge in [-0.3, -0.25) is 14.7 Å². The molecule has 3 heterocycles. The molecule has 1 atom stereocenters. The van der Waals surface area contributed by atoms with Gasteiger partial charge in [0.15, 0.2) is 10.9 Å². The summed E-state index contributed by atoms with van der Waals surface area (Å²) in [6.45, 7) is 8.08. The van der Waals surface area contributed by atoms with E-state index in [-0.39, 0.29) is 11.2 Å². The maximum Gasteiger partial charge on any atom is 0.239 e. The van der Waals surface area contributed by atoms with Crippen LogP contribution in [-0.4, -0.2) is 36.1 Å². The number of allylic oxidation sites excluding steroid dienone is 1. The summed E-state index contributed by atoms with van der Waals surface area (Å²) in [4.78, 5) is 12.6. The third-order valence-electron chi connectivity index (χ3n) is 3.44. The van der Waals surface area contributed by atoms with Crippen LogP contribution in [0.1, 0.15) is 18.4 Å². The van der Waals surface area contributed by atoms with Crippen molar-refractivity contribution in [3.05, 3.63) is 36.1 Å². The first kappa shape index (κ1) is 18.3. The SMILES string of the molecule is C=CCn1c(S[C@@H](CC)C(=O)Nc2nnc(C)s2)nnc1-c1ccco1. The lowest BCUT2D eigenvalue weighted by molar-refractivity contribution is -0.115. The number of rotatable bonds is 8. The van der Waals surface area contributed by atoms with Gasteiger partial charge in [-0.2, -0.15) is 0 Å². The number of hydrogen-bond acceptors (Lipinski definition) is 8. The smallest absolute Gasteiger partial charge is 0.239 e. The largest absolute Gasteiger partial charge is 0.461 e. The fourth-order valence-corrected chi connectivity index (χ4v) is 3.80. The van der Waals surface area contributed by atoms with E-state index in [1.54, 1.807) is 18.4 Å². The summed E-state index contributed by atoms with van der Waals surface area (Å²) < 4.78 is 7.30. The van der Waals surface area contributed by atoms with Gasteiger partial charge in [0.25, 0.3) is 0 Å². The molecule has 0 fully saturated rings. The van der Waals surface area contributed by atoms with Crippen molar-refractivity contribution in [1.82, 2.24) is 25.0 Å². The highest BCUT2D eigenvalue weighted by atomic mass is 32.2. The molecule has 3 rings (SSSR count). The second kappa shape index (κ2) is 8.28. The maximum absolute atomic E-state index is 12.6. The van der Waals surface area contributed by atoms with Crippen molar-refractivity contribution in [3.63, 3.8) is 0 Å². The molecule has 0 aliphatic rings. The zero-order chi connectivity index (χ0) is 18.5. The van der Waals surface area contributed by atoms with Crippen molar-refractivity contribution in [3.8, 4) is 11.6 Å². The van der Waals surface area contributed by atoms with Crippen molar-refractivity contribution in [2.75, 3.05) is 5.32 Å². The highest BCUT2D eigenvalue weighted by Crippen LogP contribution is 2.29. The van der Waals surface area contributed by atoms with E-state index in [2.05, 4.69) is 32.3 Å². The van der Waals surface area contributed by atoms with Gasteiger partial charge in [0, 0.05) is 6.54 Å². The Balaban J connectivity index is 1.79. The van der Waals surface area contributed by atoms with Gasteiger partial charge < -0.3 is 4.42 Å². The summed E-state index contributed by atoms with van der Waals surface area (Å²) in [5.41, 5.74) is 0. The normalized spacial score (nSPS) is 12.1. The maximum atomic E-state index is 12.6. The van der Waals surface area contributed by atoms with Crippen LogP contribution in [-0.2, 0) is 11.3 Å². The highest BCUT2D eigenvalue weighted by molar-refractivity contribution is 8.00. The number of thioether (sulfide) groups is 1. The van der Waals surface area contributed by atoms with Crippen molar-refractivity contribution >= 4 is 34.1 Å². The third-order valence-corrected chi connectivity index (χ3v) is 5.54. The predicted molar refractivity (Wildman–Crippen MR) is 101 cm³/mol.